The molecule has 2 N–H and O–H groups in total. The van der Waals surface area contributed by atoms with Gasteiger partial charge in [-0.1, -0.05) is 41.4 Å². The predicted molar refractivity (Wildman–Crippen MR) is 123 cm³/mol. The summed E-state index contributed by atoms with van der Waals surface area (Å²) in [6.45, 7) is -0.0752. The number of nitrogens with one attached hydrogen (secondary N) is 2. The lowest BCUT2D eigenvalue weighted by Crippen LogP contribution is -2.20. The topological polar surface area (TPSA) is 67.4 Å². The fourth-order valence-electron chi connectivity index (χ4n) is 2.47. The van der Waals surface area contributed by atoms with Crippen LogP contribution in [-0.4, -0.2) is 24.2 Å². The summed E-state index contributed by atoms with van der Waals surface area (Å²) in [5.74, 6) is 0.436. The van der Waals surface area contributed by atoms with Gasteiger partial charge in [0.25, 0.3) is 5.91 Å². The van der Waals surface area contributed by atoms with Crippen LogP contribution < -0.4 is 15.4 Å². The normalized spacial score (nSPS) is 10.3. The van der Waals surface area contributed by atoms with E-state index < -0.39 is 0 Å². The smallest absolute Gasteiger partial charge is 0.262 e. The molecule has 0 saturated heterocycles. The first-order valence-electron chi connectivity index (χ1n) is 8.94. The quantitative estimate of drug-likeness (QED) is 0.420. The van der Waals surface area contributed by atoms with Gasteiger partial charge in [0.05, 0.1) is 5.75 Å². The first-order valence-corrected chi connectivity index (χ1v) is 10.7. The van der Waals surface area contributed by atoms with Crippen LogP contribution in [0.5, 0.6) is 5.75 Å². The average Bonchev–Trinajstić information content (AvgIpc) is 2.72. The van der Waals surface area contributed by atoms with E-state index in [1.807, 2.05) is 30.3 Å². The molecule has 0 fully saturated rings. The molecule has 3 rings (SSSR count). The van der Waals surface area contributed by atoms with Crippen molar-refractivity contribution in [3.05, 3.63) is 82.8 Å². The van der Waals surface area contributed by atoms with E-state index in [0.717, 1.165) is 4.90 Å². The molecule has 3 aromatic rings. The maximum atomic E-state index is 12.1. The highest BCUT2D eigenvalue weighted by Crippen LogP contribution is 2.24. The molecule has 2 amide bonds. The van der Waals surface area contributed by atoms with Gasteiger partial charge in [0.1, 0.15) is 5.75 Å². The number of carbonyl (C=O) groups is 2. The molecule has 30 heavy (non-hydrogen) atoms. The molecule has 0 radical (unpaired) electrons. The maximum absolute atomic E-state index is 12.1. The highest BCUT2D eigenvalue weighted by molar-refractivity contribution is 8.00. The van der Waals surface area contributed by atoms with Crippen LogP contribution in [0.1, 0.15) is 0 Å². The van der Waals surface area contributed by atoms with E-state index in [0.29, 0.717) is 27.2 Å². The minimum absolute atomic E-state index is 0.0752. The van der Waals surface area contributed by atoms with Crippen LogP contribution in [0, 0.1) is 0 Å². The second-order valence-corrected chi connectivity index (χ2v) is 8.09. The van der Waals surface area contributed by atoms with Gasteiger partial charge in [0, 0.05) is 26.3 Å². The zero-order valence-corrected chi connectivity index (χ0v) is 18.1. The first-order chi connectivity index (χ1) is 14.5. The lowest BCUT2D eigenvalue weighted by Gasteiger charge is -2.09. The molecule has 0 aliphatic carbocycles. The monoisotopic (exact) mass is 460 g/mol. The van der Waals surface area contributed by atoms with Crippen molar-refractivity contribution in [1.82, 2.24) is 0 Å². The van der Waals surface area contributed by atoms with Gasteiger partial charge in [-0.2, -0.15) is 0 Å². The van der Waals surface area contributed by atoms with E-state index in [4.69, 9.17) is 27.9 Å². The van der Waals surface area contributed by atoms with Gasteiger partial charge in [-0.05, 0) is 54.6 Å². The van der Waals surface area contributed by atoms with Gasteiger partial charge in [-0.15, -0.1) is 11.8 Å². The van der Waals surface area contributed by atoms with E-state index in [1.54, 1.807) is 42.5 Å². The highest BCUT2D eigenvalue weighted by atomic mass is 35.5. The summed E-state index contributed by atoms with van der Waals surface area (Å²) in [4.78, 5) is 25.0. The highest BCUT2D eigenvalue weighted by Gasteiger charge is 2.07. The van der Waals surface area contributed by atoms with E-state index in [2.05, 4.69) is 10.6 Å². The third-order valence-corrected chi connectivity index (χ3v) is 5.22. The number of benzene rings is 3. The summed E-state index contributed by atoms with van der Waals surface area (Å²) in [5, 5.41) is 6.44. The van der Waals surface area contributed by atoms with Crippen molar-refractivity contribution >= 4 is 58.2 Å². The van der Waals surface area contributed by atoms with E-state index >= 15 is 0 Å². The van der Waals surface area contributed by atoms with E-state index in [9.17, 15) is 9.59 Å². The fraction of sp³-hybridized carbons (Fsp3) is 0.0909. The lowest BCUT2D eigenvalue weighted by atomic mass is 10.3. The Balaban J connectivity index is 1.43. The number of hydrogen-bond donors (Lipinski definition) is 2. The van der Waals surface area contributed by atoms with Crippen LogP contribution in [0.15, 0.2) is 77.7 Å². The van der Waals surface area contributed by atoms with Gasteiger partial charge in [-0.25, -0.2) is 0 Å². The van der Waals surface area contributed by atoms with E-state index in [-0.39, 0.29) is 24.2 Å². The lowest BCUT2D eigenvalue weighted by molar-refractivity contribution is -0.118. The van der Waals surface area contributed by atoms with Gasteiger partial charge >= 0.3 is 0 Å². The van der Waals surface area contributed by atoms with Crippen molar-refractivity contribution in [2.24, 2.45) is 0 Å². The molecular weight excluding hydrogens is 443 g/mol. The second kappa shape index (κ2) is 10.9. The Morgan fingerprint density at radius 1 is 0.800 bits per heavy atom. The number of ether oxygens (including phenoxy) is 1. The molecule has 0 atom stereocenters. The van der Waals surface area contributed by atoms with Crippen molar-refractivity contribution in [1.29, 1.82) is 0 Å². The average molecular weight is 461 g/mol. The zero-order valence-electron chi connectivity index (χ0n) is 15.7. The number of hydrogen-bond acceptors (Lipinski definition) is 4. The van der Waals surface area contributed by atoms with Crippen LogP contribution >= 0.6 is 35.0 Å². The molecule has 5 nitrogen and oxygen atoms in total. The number of rotatable bonds is 8. The zero-order chi connectivity index (χ0) is 21.3. The Labute approximate surface area is 188 Å². The Morgan fingerprint density at radius 2 is 1.43 bits per heavy atom. The van der Waals surface area contributed by atoms with E-state index in [1.165, 1.54) is 11.8 Å². The minimum atomic E-state index is -0.251. The van der Waals surface area contributed by atoms with Crippen LogP contribution in [0.25, 0.3) is 0 Å². The molecule has 154 valence electrons. The van der Waals surface area contributed by atoms with Gasteiger partial charge < -0.3 is 15.4 Å². The standard InChI is InChI=1S/C22H18Cl2N2O3S/c23-15-10-16(24)12-18(11-15)26-22(28)14-30-20-8-6-17(7-9-20)25-21(27)13-29-19-4-2-1-3-5-19/h1-12H,13-14H2,(H,25,27)(H,26,28). The number of anilines is 2. The van der Waals surface area contributed by atoms with Crippen molar-refractivity contribution in [3.63, 3.8) is 0 Å². The summed E-state index contributed by atoms with van der Waals surface area (Å²) >= 11 is 13.2. The Kier molecular flexibility index (Phi) is 8.02. The summed E-state index contributed by atoms with van der Waals surface area (Å²) in [6, 6.07) is 21.2. The molecule has 0 aromatic heterocycles. The van der Waals surface area contributed by atoms with Crippen molar-refractivity contribution < 1.29 is 14.3 Å². The summed E-state index contributed by atoms with van der Waals surface area (Å²) < 4.78 is 5.42. The molecule has 0 bridgehead atoms. The predicted octanol–water partition coefficient (Wildman–Crippen LogP) is 5.74. The molecule has 0 aliphatic heterocycles. The third-order valence-electron chi connectivity index (χ3n) is 3.77. The molecule has 0 heterocycles. The second-order valence-electron chi connectivity index (χ2n) is 6.17. The first kappa shape index (κ1) is 22.0. The summed E-state index contributed by atoms with van der Waals surface area (Å²) in [6.07, 6.45) is 0. The number of halogens is 2. The molecule has 8 heteroatoms. The third kappa shape index (κ3) is 7.30. The number of amides is 2. The fourth-order valence-corrected chi connectivity index (χ4v) is 3.69. The van der Waals surface area contributed by atoms with Gasteiger partial charge in [0.15, 0.2) is 6.61 Å². The largest absolute Gasteiger partial charge is 0.484 e. The van der Waals surface area contributed by atoms with Gasteiger partial charge in [-0.3, -0.25) is 9.59 Å². The van der Waals surface area contributed by atoms with Crippen LogP contribution in [0.3, 0.4) is 0 Å². The maximum Gasteiger partial charge on any atom is 0.262 e. The van der Waals surface area contributed by atoms with Crippen LogP contribution in [0.2, 0.25) is 10.0 Å². The van der Waals surface area contributed by atoms with Crippen LogP contribution in [-0.2, 0) is 9.59 Å². The molecule has 0 saturated carbocycles. The summed E-state index contributed by atoms with van der Waals surface area (Å²) in [5.41, 5.74) is 1.20. The van der Waals surface area contributed by atoms with Crippen molar-refractivity contribution in [2.45, 2.75) is 4.90 Å². The molecule has 0 unspecified atom stereocenters. The van der Waals surface area contributed by atoms with Crippen LogP contribution in [0.4, 0.5) is 11.4 Å². The molecule has 0 aliphatic rings. The molecular formula is C22H18Cl2N2O3S. The van der Waals surface area contributed by atoms with Crippen molar-refractivity contribution in [2.75, 3.05) is 23.0 Å². The number of para-hydroxylation sites is 1. The Bertz CT molecular complexity index is 994. The molecule has 0 spiro atoms. The number of carbonyl (C=O) groups excluding carboxylic acids is 2. The Hall–Kier alpha value is -2.67. The summed E-state index contributed by atoms with van der Waals surface area (Å²) in [7, 11) is 0. The number of thioether (sulfide) groups is 1. The SMILES string of the molecule is O=C(COc1ccccc1)Nc1ccc(SCC(=O)Nc2cc(Cl)cc(Cl)c2)cc1. The molecule has 3 aromatic carbocycles. The Morgan fingerprint density at radius 3 is 2.10 bits per heavy atom. The minimum Gasteiger partial charge on any atom is -0.484 e. The van der Waals surface area contributed by atoms with Gasteiger partial charge in [0.2, 0.25) is 5.91 Å². The van der Waals surface area contributed by atoms with Crippen molar-refractivity contribution in [3.8, 4) is 5.75 Å².